The molecule has 1 amide bonds. The number of methoxy groups -OCH3 is 1. The van der Waals surface area contributed by atoms with Crippen molar-refractivity contribution in [2.45, 2.75) is 13.8 Å². The SMILES string of the molecule is CCN(CC)CCNC(=O)c1cc(Cl)c(Br)cc1OC. The first-order valence-electron chi connectivity index (χ1n) is 6.57. The van der Waals surface area contributed by atoms with Gasteiger partial charge in [-0.1, -0.05) is 25.4 Å². The Morgan fingerprint density at radius 3 is 2.60 bits per heavy atom. The van der Waals surface area contributed by atoms with Crippen LogP contribution in [0, 0.1) is 0 Å². The first-order chi connectivity index (χ1) is 9.53. The molecule has 4 nitrogen and oxygen atoms in total. The molecule has 1 aromatic rings. The number of ether oxygens (including phenoxy) is 1. The number of amides is 1. The quantitative estimate of drug-likeness (QED) is 0.809. The van der Waals surface area contributed by atoms with Gasteiger partial charge in [-0.3, -0.25) is 4.79 Å². The van der Waals surface area contributed by atoms with Gasteiger partial charge in [-0.05, 0) is 41.2 Å². The second kappa shape index (κ2) is 8.49. The second-order valence-electron chi connectivity index (χ2n) is 4.25. The molecule has 0 bridgehead atoms. The molecule has 0 fully saturated rings. The number of carbonyl (C=O) groups excluding carboxylic acids is 1. The molecule has 0 saturated carbocycles. The molecule has 1 rings (SSSR count). The molecule has 1 N–H and O–H groups in total. The van der Waals surface area contributed by atoms with Gasteiger partial charge in [-0.15, -0.1) is 0 Å². The van der Waals surface area contributed by atoms with Crippen LogP contribution in [0.5, 0.6) is 5.75 Å². The lowest BCUT2D eigenvalue weighted by Gasteiger charge is -2.18. The zero-order valence-electron chi connectivity index (χ0n) is 12.0. The molecule has 112 valence electrons. The molecule has 20 heavy (non-hydrogen) atoms. The summed E-state index contributed by atoms with van der Waals surface area (Å²) in [6, 6.07) is 3.30. The van der Waals surface area contributed by atoms with Gasteiger partial charge >= 0.3 is 0 Å². The van der Waals surface area contributed by atoms with E-state index in [1.165, 1.54) is 7.11 Å². The van der Waals surface area contributed by atoms with Gasteiger partial charge in [0.25, 0.3) is 5.91 Å². The zero-order chi connectivity index (χ0) is 15.1. The highest BCUT2D eigenvalue weighted by atomic mass is 79.9. The summed E-state index contributed by atoms with van der Waals surface area (Å²) >= 11 is 9.34. The van der Waals surface area contributed by atoms with Crippen LogP contribution in [0.2, 0.25) is 5.02 Å². The summed E-state index contributed by atoms with van der Waals surface area (Å²) in [5.41, 5.74) is 0.445. The average molecular weight is 364 g/mol. The van der Waals surface area contributed by atoms with Gasteiger partial charge in [-0.2, -0.15) is 0 Å². The molecule has 0 saturated heterocycles. The second-order valence-corrected chi connectivity index (χ2v) is 5.51. The lowest BCUT2D eigenvalue weighted by molar-refractivity contribution is 0.0946. The Kier molecular flexibility index (Phi) is 7.34. The maximum Gasteiger partial charge on any atom is 0.255 e. The van der Waals surface area contributed by atoms with Crippen molar-refractivity contribution in [1.29, 1.82) is 0 Å². The largest absolute Gasteiger partial charge is 0.496 e. The van der Waals surface area contributed by atoms with Gasteiger partial charge in [0.05, 0.1) is 17.7 Å². The van der Waals surface area contributed by atoms with Gasteiger partial charge in [0.15, 0.2) is 0 Å². The van der Waals surface area contributed by atoms with Crippen LogP contribution in [-0.2, 0) is 0 Å². The van der Waals surface area contributed by atoms with Crippen LogP contribution in [0.15, 0.2) is 16.6 Å². The van der Waals surface area contributed by atoms with Crippen molar-refractivity contribution in [3.63, 3.8) is 0 Å². The summed E-state index contributed by atoms with van der Waals surface area (Å²) in [4.78, 5) is 14.4. The number of nitrogens with one attached hydrogen (secondary N) is 1. The van der Waals surface area contributed by atoms with E-state index < -0.39 is 0 Å². The van der Waals surface area contributed by atoms with Gasteiger partial charge < -0.3 is 15.0 Å². The van der Waals surface area contributed by atoms with Crippen LogP contribution in [0.4, 0.5) is 0 Å². The highest BCUT2D eigenvalue weighted by Crippen LogP contribution is 2.30. The van der Waals surface area contributed by atoms with Crippen molar-refractivity contribution < 1.29 is 9.53 Å². The van der Waals surface area contributed by atoms with E-state index in [4.69, 9.17) is 16.3 Å². The number of hydrogen-bond donors (Lipinski definition) is 1. The predicted molar refractivity (Wildman–Crippen MR) is 85.8 cm³/mol. The van der Waals surface area contributed by atoms with Crippen molar-refractivity contribution in [2.24, 2.45) is 0 Å². The molecule has 0 atom stereocenters. The molecule has 0 aliphatic heterocycles. The summed E-state index contributed by atoms with van der Waals surface area (Å²) in [7, 11) is 1.53. The molecular formula is C14H20BrClN2O2. The van der Waals surface area contributed by atoms with Gasteiger partial charge in [0, 0.05) is 17.6 Å². The number of likely N-dealkylation sites (N-methyl/N-ethyl adjacent to an activating group) is 1. The van der Waals surface area contributed by atoms with Crippen molar-refractivity contribution in [1.82, 2.24) is 10.2 Å². The van der Waals surface area contributed by atoms with E-state index >= 15 is 0 Å². The van der Waals surface area contributed by atoms with E-state index in [1.807, 2.05) is 0 Å². The minimum Gasteiger partial charge on any atom is -0.496 e. The Bertz CT molecular complexity index is 465. The third-order valence-corrected chi connectivity index (χ3v) is 4.29. The average Bonchev–Trinajstić information content (AvgIpc) is 2.45. The van der Waals surface area contributed by atoms with Crippen LogP contribution in [0.1, 0.15) is 24.2 Å². The Labute approximate surface area is 133 Å². The number of nitrogens with zero attached hydrogens (tertiary/aromatic N) is 1. The fourth-order valence-corrected chi connectivity index (χ4v) is 2.32. The number of carbonyl (C=O) groups is 1. The fraction of sp³-hybridized carbons (Fsp3) is 0.500. The lowest BCUT2D eigenvalue weighted by atomic mass is 10.2. The van der Waals surface area contributed by atoms with Gasteiger partial charge in [0.2, 0.25) is 0 Å². The van der Waals surface area contributed by atoms with Crippen molar-refractivity contribution in [2.75, 3.05) is 33.3 Å². The molecule has 1 aromatic carbocycles. The first-order valence-corrected chi connectivity index (χ1v) is 7.74. The van der Waals surface area contributed by atoms with E-state index in [2.05, 4.69) is 40.0 Å². The van der Waals surface area contributed by atoms with Crippen LogP contribution in [0.3, 0.4) is 0 Å². The maximum atomic E-state index is 12.2. The Morgan fingerprint density at radius 1 is 1.40 bits per heavy atom. The normalized spacial score (nSPS) is 10.7. The van der Waals surface area contributed by atoms with Gasteiger partial charge in [-0.25, -0.2) is 0 Å². The molecule has 0 aromatic heterocycles. The fourth-order valence-electron chi connectivity index (χ4n) is 1.84. The number of hydrogen-bond acceptors (Lipinski definition) is 3. The molecule has 0 unspecified atom stereocenters. The van der Waals surface area contributed by atoms with Crippen LogP contribution < -0.4 is 10.1 Å². The standard InChI is InChI=1S/C14H20BrClN2O2/c1-4-18(5-2)7-6-17-14(19)10-8-12(16)11(15)9-13(10)20-3/h8-9H,4-7H2,1-3H3,(H,17,19). The van der Waals surface area contributed by atoms with Crippen molar-refractivity contribution in [3.8, 4) is 5.75 Å². The first kappa shape index (κ1) is 17.3. The van der Waals surface area contributed by atoms with Crippen LogP contribution in [-0.4, -0.2) is 44.1 Å². The third-order valence-electron chi connectivity index (χ3n) is 3.10. The van der Waals surface area contributed by atoms with Crippen LogP contribution in [0.25, 0.3) is 0 Å². The predicted octanol–water partition coefficient (Wildman–Crippen LogP) is 3.18. The highest BCUT2D eigenvalue weighted by Gasteiger charge is 2.15. The lowest BCUT2D eigenvalue weighted by Crippen LogP contribution is -2.34. The topological polar surface area (TPSA) is 41.6 Å². The summed E-state index contributed by atoms with van der Waals surface area (Å²) in [6.45, 7) is 7.56. The molecule has 0 aliphatic rings. The number of rotatable bonds is 7. The van der Waals surface area contributed by atoms with E-state index in [0.717, 1.165) is 19.6 Å². The van der Waals surface area contributed by atoms with E-state index in [1.54, 1.807) is 12.1 Å². The number of benzene rings is 1. The molecule has 0 aliphatic carbocycles. The number of halogens is 2. The molecule has 6 heteroatoms. The summed E-state index contributed by atoms with van der Waals surface area (Å²) < 4.78 is 5.92. The minimum atomic E-state index is -0.177. The molecule has 0 heterocycles. The van der Waals surface area contributed by atoms with Crippen LogP contribution >= 0.6 is 27.5 Å². The third kappa shape index (κ3) is 4.65. The summed E-state index contributed by atoms with van der Waals surface area (Å²) in [5, 5.41) is 3.37. The van der Waals surface area contributed by atoms with E-state index in [0.29, 0.717) is 27.4 Å². The molecule has 0 spiro atoms. The summed E-state index contributed by atoms with van der Waals surface area (Å²) in [6.07, 6.45) is 0. The monoisotopic (exact) mass is 362 g/mol. The maximum absolute atomic E-state index is 12.2. The Balaban J connectivity index is 2.70. The Morgan fingerprint density at radius 2 is 2.05 bits per heavy atom. The summed E-state index contributed by atoms with van der Waals surface area (Å²) in [5.74, 6) is 0.324. The van der Waals surface area contributed by atoms with Crippen molar-refractivity contribution in [3.05, 3.63) is 27.2 Å². The van der Waals surface area contributed by atoms with Crippen molar-refractivity contribution >= 4 is 33.4 Å². The molecule has 0 radical (unpaired) electrons. The molecular weight excluding hydrogens is 344 g/mol. The highest BCUT2D eigenvalue weighted by molar-refractivity contribution is 9.10. The Hall–Kier alpha value is -0.780. The van der Waals surface area contributed by atoms with E-state index in [9.17, 15) is 4.79 Å². The zero-order valence-corrected chi connectivity index (χ0v) is 14.3. The minimum absolute atomic E-state index is 0.177. The smallest absolute Gasteiger partial charge is 0.255 e. The van der Waals surface area contributed by atoms with E-state index in [-0.39, 0.29) is 5.91 Å². The van der Waals surface area contributed by atoms with Gasteiger partial charge in [0.1, 0.15) is 5.75 Å².